The molecular weight excluding hydrogens is 258 g/mol. The van der Waals surface area contributed by atoms with Crippen LogP contribution in [0.5, 0.6) is 0 Å². The Morgan fingerprint density at radius 2 is 2.15 bits per heavy atom. The zero-order chi connectivity index (χ0) is 14.6. The van der Waals surface area contributed by atoms with Gasteiger partial charge in [0.25, 0.3) is 0 Å². The molecule has 0 unspecified atom stereocenters. The fraction of sp³-hybridized carbons (Fsp3) is 0.714. The molecule has 0 aromatic carbocycles. The van der Waals surface area contributed by atoms with E-state index < -0.39 is 0 Å². The molecule has 1 saturated carbocycles. The number of nitrogens with one attached hydrogen (secondary N) is 2. The molecule has 2 amide bonds. The quantitative estimate of drug-likeness (QED) is 0.657. The zero-order valence-electron chi connectivity index (χ0n) is 12.2. The first-order valence-electron chi connectivity index (χ1n) is 7.11. The molecular formula is C14H23N3O3. The van der Waals surface area contributed by atoms with Gasteiger partial charge in [-0.05, 0) is 39.5 Å². The zero-order valence-corrected chi connectivity index (χ0v) is 12.2. The van der Waals surface area contributed by atoms with E-state index in [0.717, 1.165) is 42.7 Å². The molecule has 1 fully saturated rings. The van der Waals surface area contributed by atoms with Crippen LogP contribution in [0, 0.1) is 19.3 Å². The summed E-state index contributed by atoms with van der Waals surface area (Å²) in [6.07, 6.45) is 3.69. The van der Waals surface area contributed by atoms with Crippen molar-refractivity contribution in [3.05, 3.63) is 17.0 Å². The Labute approximate surface area is 118 Å². The molecule has 112 valence electrons. The second-order valence-corrected chi connectivity index (χ2v) is 5.67. The predicted molar refractivity (Wildman–Crippen MR) is 74.5 cm³/mol. The molecule has 20 heavy (non-hydrogen) atoms. The molecule has 0 spiro atoms. The van der Waals surface area contributed by atoms with Gasteiger partial charge in [-0.2, -0.15) is 0 Å². The van der Waals surface area contributed by atoms with Gasteiger partial charge < -0.3 is 20.3 Å². The smallest absolute Gasteiger partial charge is 0.314 e. The fourth-order valence-corrected chi connectivity index (χ4v) is 2.22. The lowest BCUT2D eigenvalue weighted by Gasteiger charge is -2.13. The van der Waals surface area contributed by atoms with Crippen molar-refractivity contribution in [2.75, 3.05) is 19.7 Å². The first kappa shape index (κ1) is 14.8. The average molecular weight is 281 g/mol. The van der Waals surface area contributed by atoms with E-state index in [0.29, 0.717) is 13.1 Å². The number of hydrogen-bond acceptors (Lipinski definition) is 4. The number of carbonyl (C=O) groups is 1. The van der Waals surface area contributed by atoms with E-state index in [4.69, 9.17) is 9.63 Å². The van der Waals surface area contributed by atoms with Crippen molar-refractivity contribution in [1.29, 1.82) is 0 Å². The third-order valence-electron chi connectivity index (χ3n) is 3.99. The lowest BCUT2D eigenvalue weighted by Crippen LogP contribution is -2.40. The molecule has 3 N–H and O–H groups in total. The lowest BCUT2D eigenvalue weighted by molar-refractivity contribution is 0.203. The van der Waals surface area contributed by atoms with Gasteiger partial charge in [-0.1, -0.05) is 5.16 Å². The molecule has 6 heteroatoms. The number of nitrogens with zero attached hydrogens (tertiary/aromatic N) is 1. The summed E-state index contributed by atoms with van der Waals surface area (Å²) in [5, 5.41) is 18.7. The summed E-state index contributed by atoms with van der Waals surface area (Å²) >= 11 is 0. The highest BCUT2D eigenvalue weighted by atomic mass is 16.5. The average Bonchev–Trinajstić information content (AvgIpc) is 3.16. The van der Waals surface area contributed by atoms with Gasteiger partial charge >= 0.3 is 6.03 Å². The summed E-state index contributed by atoms with van der Waals surface area (Å²) in [5.41, 5.74) is 2.00. The molecule has 0 radical (unpaired) electrons. The van der Waals surface area contributed by atoms with Crippen LogP contribution in [0.4, 0.5) is 4.79 Å². The van der Waals surface area contributed by atoms with Gasteiger partial charge in [0.05, 0.1) is 12.3 Å². The van der Waals surface area contributed by atoms with Crippen molar-refractivity contribution in [2.45, 2.75) is 39.5 Å². The van der Waals surface area contributed by atoms with Crippen LogP contribution in [0.3, 0.4) is 0 Å². The molecule has 1 heterocycles. The summed E-state index contributed by atoms with van der Waals surface area (Å²) in [6.45, 7) is 5.15. The Hall–Kier alpha value is -1.56. The van der Waals surface area contributed by atoms with E-state index in [1.807, 2.05) is 13.8 Å². The predicted octanol–water partition coefficient (Wildman–Crippen LogP) is 1.30. The van der Waals surface area contributed by atoms with Gasteiger partial charge in [-0.3, -0.25) is 0 Å². The molecule has 1 aliphatic rings. The molecule has 0 atom stereocenters. The van der Waals surface area contributed by atoms with Crippen LogP contribution in [0.25, 0.3) is 0 Å². The van der Waals surface area contributed by atoms with E-state index in [1.54, 1.807) is 0 Å². The van der Waals surface area contributed by atoms with Crippen molar-refractivity contribution in [3.8, 4) is 0 Å². The normalized spacial score (nSPS) is 15.9. The van der Waals surface area contributed by atoms with Crippen LogP contribution >= 0.6 is 0 Å². The highest BCUT2D eigenvalue weighted by Crippen LogP contribution is 2.44. The Morgan fingerprint density at radius 1 is 1.40 bits per heavy atom. The standard InChI is InChI=1S/C14H23N3O3/c1-10-12(11(2)20-17-10)4-3-7-15-13(19)16-8-14(9-18)5-6-14/h18H,3-9H2,1-2H3,(H2,15,16,19). The fourth-order valence-electron chi connectivity index (χ4n) is 2.22. The topological polar surface area (TPSA) is 87.4 Å². The second kappa shape index (κ2) is 6.26. The summed E-state index contributed by atoms with van der Waals surface area (Å²) in [4.78, 5) is 11.6. The van der Waals surface area contributed by atoms with Crippen molar-refractivity contribution in [3.63, 3.8) is 0 Å². The first-order chi connectivity index (χ1) is 9.56. The lowest BCUT2D eigenvalue weighted by atomic mass is 10.1. The maximum absolute atomic E-state index is 11.6. The number of rotatable bonds is 7. The second-order valence-electron chi connectivity index (χ2n) is 5.67. The van der Waals surface area contributed by atoms with E-state index >= 15 is 0 Å². The number of aliphatic hydroxyl groups is 1. The number of aromatic nitrogens is 1. The van der Waals surface area contributed by atoms with Crippen molar-refractivity contribution in [2.24, 2.45) is 5.41 Å². The third-order valence-corrected chi connectivity index (χ3v) is 3.99. The number of hydrogen-bond donors (Lipinski definition) is 3. The van der Waals surface area contributed by atoms with E-state index in [2.05, 4.69) is 15.8 Å². The van der Waals surface area contributed by atoms with Crippen LogP contribution in [0.15, 0.2) is 4.52 Å². The minimum atomic E-state index is -0.163. The van der Waals surface area contributed by atoms with Crippen LogP contribution in [0.2, 0.25) is 0 Å². The monoisotopic (exact) mass is 281 g/mol. The number of amides is 2. The van der Waals surface area contributed by atoms with Gasteiger partial charge in [0.1, 0.15) is 5.76 Å². The maximum atomic E-state index is 11.6. The van der Waals surface area contributed by atoms with Gasteiger partial charge in [0.2, 0.25) is 0 Å². The number of carbonyl (C=O) groups excluding carboxylic acids is 1. The molecule has 1 aromatic rings. The molecule has 0 bridgehead atoms. The summed E-state index contributed by atoms with van der Waals surface area (Å²) in [6, 6.07) is -0.163. The van der Waals surface area contributed by atoms with E-state index in [-0.39, 0.29) is 18.1 Å². The minimum absolute atomic E-state index is 0.0476. The van der Waals surface area contributed by atoms with Crippen LogP contribution < -0.4 is 10.6 Å². The third kappa shape index (κ3) is 3.72. The molecule has 6 nitrogen and oxygen atoms in total. The summed E-state index contributed by atoms with van der Waals surface area (Å²) in [5.74, 6) is 0.852. The maximum Gasteiger partial charge on any atom is 0.314 e. The Kier molecular flexibility index (Phi) is 4.65. The molecule has 2 rings (SSSR count). The molecule has 0 saturated heterocycles. The number of urea groups is 1. The molecule has 1 aromatic heterocycles. The van der Waals surface area contributed by atoms with Gasteiger partial charge in [-0.25, -0.2) is 4.79 Å². The van der Waals surface area contributed by atoms with Crippen molar-refractivity contribution < 1.29 is 14.4 Å². The molecule has 0 aliphatic heterocycles. The van der Waals surface area contributed by atoms with Crippen molar-refractivity contribution >= 4 is 6.03 Å². The van der Waals surface area contributed by atoms with E-state index in [9.17, 15) is 4.79 Å². The number of aliphatic hydroxyl groups excluding tert-OH is 1. The SMILES string of the molecule is Cc1noc(C)c1CCCNC(=O)NCC1(CO)CC1. The minimum Gasteiger partial charge on any atom is -0.396 e. The summed E-state index contributed by atoms with van der Waals surface area (Å²) in [7, 11) is 0. The number of aryl methyl sites for hydroxylation is 2. The van der Waals surface area contributed by atoms with Crippen LogP contribution in [0.1, 0.15) is 36.3 Å². The van der Waals surface area contributed by atoms with Gasteiger partial charge in [0, 0.05) is 24.1 Å². The van der Waals surface area contributed by atoms with Gasteiger partial charge in [-0.15, -0.1) is 0 Å². The Morgan fingerprint density at radius 3 is 2.70 bits per heavy atom. The first-order valence-corrected chi connectivity index (χ1v) is 7.11. The summed E-state index contributed by atoms with van der Waals surface area (Å²) < 4.78 is 5.10. The van der Waals surface area contributed by atoms with Crippen LogP contribution in [-0.4, -0.2) is 36.0 Å². The largest absolute Gasteiger partial charge is 0.396 e. The highest BCUT2D eigenvalue weighted by molar-refractivity contribution is 5.73. The highest BCUT2D eigenvalue weighted by Gasteiger charge is 2.42. The Bertz CT molecular complexity index is 447. The Balaban J connectivity index is 1.60. The van der Waals surface area contributed by atoms with Crippen molar-refractivity contribution in [1.82, 2.24) is 15.8 Å². The van der Waals surface area contributed by atoms with Gasteiger partial charge in [0.15, 0.2) is 0 Å². The molecule has 1 aliphatic carbocycles. The van der Waals surface area contributed by atoms with Crippen LogP contribution in [-0.2, 0) is 6.42 Å². The van der Waals surface area contributed by atoms with E-state index in [1.165, 1.54) is 0 Å².